The van der Waals surface area contributed by atoms with Crippen LogP contribution in [0.1, 0.15) is 60.3 Å². The van der Waals surface area contributed by atoms with Gasteiger partial charge in [0.05, 0.1) is 11.4 Å². The zero-order valence-corrected chi connectivity index (χ0v) is 17.4. The molecule has 1 aliphatic rings. The van der Waals surface area contributed by atoms with Crippen LogP contribution in [0.2, 0.25) is 0 Å². The van der Waals surface area contributed by atoms with E-state index < -0.39 is 6.09 Å². The molecule has 1 saturated heterocycles. The first-order valence-electron chi connectivity index (χ1n) is 9.73. The van der Waals surface area contributed by atoms with E-state index in [1.54, 1.807) is 0 Å². The lowest BCUT2D eigenvalue weighted by Crippen LogP contribution is -2.40. The first kappa shape index (κ1) is 20.5. The number of nitrogens with zero attached hydrogens (tertiary/aromatic N) is 2. The van der Waals surface area contributed by atoms with Crippen LogP contribution < -0.4 is 10.1 Å². The molecule has 1 aliphatic heterocycles. The Morgan fingerprint density at radius 1 is 1.32 bits per heavy atom. The number of hydrogen-bond donors (Lipinski definition) is 1. The third-order valence-electron chi connectivity index (χ3n) is 4.64. The predicted molar refractivity (Wildman–Crippen MR) is 109 cm³/mol. The Hall–Kier alpha value is -2.19. The van der Waals surface area contributed by atoms with Crippen molar-refractivity contribution in [2.45, 2.75) is 58.9 Å². The highest BCUT2D eigenvalue weighted by Crippen LogP contribution is 2.29. The Balaban J connectivity index is 1.63. The molecule has 0 radical (unpaired) electrons. The summed E-state index contributed by atoms with van der Waals surface area (Å²) in [5, 5.41) is 8.33. The number of thiazole rings is 1. The van der Waals surface area contributed by atoms with E-state index in [4.69, 9.17) is 14.0 Å². The minimum Gasteiger partial charge on any atom is -0.397 e. The van der Waals surface area contributed by atoms with Crippen molar-refractivity contribution in [1.82, 2.24) is 15.5 Å². The smallest absolute Gasteiger partial charge is 0.397 e. The Morgan fingerprint density at radius 3 is 2.86 bits per heavy atom. The first-order valence-corrected chi connectivity index (χ1v) is 10.5. The van der Waals surface area contributed by atoms with Crippen molar-refractivity contribution in [3.8, 4) is 5.06 Å². The molecule has 0 unspecified atom stereocenters. The van der Waals surface area contributed by atoms with Crippen LogP contribution in [0.5, 0.6) is 5.06 Å². The Labute approximate surface area is 169 Å². The maximum Gasteiger partial charge on any atom is 0.413 e. The Kier molecular flexibility index (Phi) is 7.22. The van der Waals surface area contributed by atoms with Gasteiger partial charge in [0.25, 0.3) is 0 Å². The highest BCUT2D eigenvalue weighted by Gasteiger charge is 2.19. The van der Waals surface area contributed by atoms with E-state index >= 15 is 0 Å². The average molecular weight is 406 g/mol. The molecule has 1 N–H and O–H groups in total. The molecule has 1 fully saturated rings. The number of carbonyl (C=O) groups is 1. The molecule has 8 heteroatoms. The van der Waals surface area contributed by atoms with Crippen molar-refractivity contribution in [1.29, 1.82) is 0 Å². The zero-order valence-electron chi connectivity index (χ0n) is 16.6. The summed E-state index contributed by atoms with van der Waals surface area (Å²) in [5.74, 6) is 0.794. The van der Waals surface area contributed by atoms with Gasteiger partial charge in [-0.1, -0.05) is 29.8 Å². The van der Waals surface area contributed by atoms with Crippen molar-refractivity contribution in [2.75, 3.05) is 13.2 Å². The standard InChI is InChI=1S/C20H27N3O4S/c1-4-5-6-17-16(14(3)27-23-17)7-8-18-21-13(2)19(28-18)26-20(24)22-15-9-11-25-12-10-15/h7-8,15H,4-6,9-12H2,1-3H3,(H,22,24)/b8-7+. The largest absolute Gasteiger partial charge is 0.413 e. The number of hydrogen-bond acceptors (Lipinski definition) is 7. The van der Waals surface area contributed by atoms with E-state index in [2.05, 4.69) is 22.4 Å². The second-order valence-corrected chi connectivity index (χ2v) is 7.87. The van der Waals surface area contributed by atoms with Crippen LogP contribution >= 0.6 is 11.3 Å². The minimum absolute atomic E-state index is 0.104. The van der Waals surface area contributed by atoms with Crippen LogP contribution in [0.25, 0.3) is 12.2 Å². The SMILES string of the molecule is CCCCc1noc(C)c1/C=C/c1nc(C)c(OC(=O)NC2CCOCC2)s1. The highest BCUT2D eigenvalue weighted by molar-refractivity contribution is 7.14. The van der Waals surface area contributed by atoms with Gasteiger partial charge in [-0.3, -0.25) is 0 Å². The maximum absolute atomic E-state index is 12.1. The lowest BCUT2D eigenvalue weighted by atomic mass is 10.1. The number of aryl methyl sites for hydroxylation is 3. The van der Waals surface area contributed by atoms with E-state index in [0.717, 1.165) is 54.1 Å². The van der Waals surface area contributed by atoms with Crippen LogP contribution in [0.15, 0.2) is 4.52 Å². The number of ether oxygens (including phenoxy) is 2. The van der Waals surface area contributed by atoms with Gasteiger partial charge in [-0.15, -0.1) is 0 Å². The molecule has 0 spiro atoms. The number of rotatable bonds is 7. The first-order chi connectivity index (χ1) is 13.6. The van der Waals surface area contributed by atoms with Gasteiger partial charge in [-0.05, 0) is 51.7 Å². The molecule has 1 amide bonds. The summed E-state index contributed by atoms with van der Waals surface area (Å²) in [6.07, 6.45) is 8.14. The van der Waals surface area contributed by atoms with Crippen LogP contribution in [0.4, 0.5) is 4.79 Å². The molecule has 152 valence electrons. The molecule has 0 bridgehead atoms. The molecular formula is C20H27N3O4S. The summed E-state index contributed by atoms with van der Waals surface area (Å²) >= 11 is 1.34. The molecule has 0 aromatic carbocycles. The van der Waals surface area contributed by atoms with E-state index in [-0.39, 0.29) is 6.04 Å². The van der Waals surface area contributed by atoms with Gasteiger partial charge in [-0.25, -0.2) is 9.78 Å². The van der Waals surface area contributed by atoms with E-state index in [1.165, 1.54) is 11.3 Å². The molecule has 0 aliphatic carbocycles. The molecule has 2 aromatic rings. The summed E-state index contributed by atoms with van der Waals surface area (Å²) < 4.78 is 16.1. The predicted octanol–water partition coefficient (Wildman–Crippen LogP) is 4.53. The molecular weight excluding hydrogens is 378 g/mol. The fourth-order valence-corrected chi connectivity index (χ4v) is 3.83. The van der Waals surface area contributed by atoms with Gasteiger partial charge in [0.15, 0.2) is 0 Å². The van der Waals surface area contributed by atoms with Gasteiger partial charge in [0.1, 0.15) is 10.8 Å². The van der Waals surface area contributed by atoms with Gasteiger partial charge in [0, 0.05) is 24.8 Å². The monoisotopic (exact) mass is 405 g/mol. The van der Waals surface area contributed by atoms with Crippen molar-refractivity contribution in [3.63, 3.8) is 0 Å². The fraction of sp³-hybridized carbons (Fsp3) is 0.550. The molecule has 3 heterocycles. The van der Waals surface area contributed by atoms with Crippen molar-refractivity contribution < 1.29 is 18.8 Å². The number of unbranched alkanes of at least 4 members (excludes halogenated alkanes) is 1. The van der Waals surface area contributed by atoms with Crippen molar-refractivity contribution >= 4 is 29.6 Å². The fourth-order valence-electron chi connectivity index (χ4n) is 3.01. The van der Waals surface area contributed by atoms with E-state index in [0.29, 0.717) is 24.0 Å². The van der Waals surface area contributed by atoms with Gasteiger partial charge in [-0.2, -0.15) is 0 Å². The lowest BCUT2D eigenvalue weighted by molar-refractivity contribution is 0.0779. The summed E-state index contributed by atoms with van der Waals surface area (Å²) in [5.41, 5.74) is 2.66. The Bertz CT molecular complexity index is 822. The van der Waals surface area contributed by atoms with Crippen LogP contribution in [-0.2, 0) is 11.2 Å². The van der Waals surface area contributed by atoms with Crippen LogP contribution in [0, 0.1) is 13.8 Å². The van der Waals surface area contributed by atoms with E-state index in [9.17, 15) is 4.79 Å². The van der Waals surface area contributed by atoms with Gasteiger partial charge in [0.2, 0.25) is 5.06 Å². The van der Waals surface area contributed by atoms with Gasteiger partial charge < -0.3 is 19.3 Å². The topological polar surface area (TPSA) is 86.5 Å². The third kappa shape index (κ3) is 5.42. The average Bonchev–Trinajstić information content (AvgIpc) is 3.21. The number of aromatic nitrogens is 2. The molecule has 3 rings (SSSR count). The van der Waals surface area contributed by atoms with Crippen LogP contribution in [-0.4, -0.2) is 35.5 Å². The molecule has 7 nitrogen and oxygen atoms in total. The quantitative estimate of drug-likeness (QED) is 0.728. The number of carbonyl (C=O) groups excluding carboxylic acids is 1. The second-order valence-electron chi connectivity index (χ2n) is 6.88. The van der Waals surface area contributed by atoms with E-state index in [1.807, 2.05) is 26.0 Å². The minimum atomic E-state index is -0.439. The van der Waals surface area contributed by atoms with Crippen molar-refractivity contribution in [2.24, 2.45) is 0 Å². The molecule has 28 heavy (non-hydrogen) atoms. The summed E-state index contributed by atoms with van der Waals surface area (Å²) in [4.78, 5) is 16.6. The molecule has 0 atom stereocenters. The summed E-state index contributed by atoms with van der Waals surface area (Å²) in [6, 6.07) is 0.104. The Morgan fingerprint density at radius 2 is 2.11 bits per heavy atom. The molecule has 2 aromatic heterocycles. The van der Waals surface area contributed by atoms with Crippen LogP contribution in [0.3, 0.4) is 0 Å². The molecule has 0 saturated carbocycles. The normalized spacial score (nSPS) is 15.2. The second kappa shape index (κ2) is 9.84. The highest BCUT2D eigenvalue weighted by atomic mass is 32.1. The lowest BCUT2D eigenvalue weighted by Gasteiger charge is -2.22. The number of nitrogens with one attached hydrogen (secondary N) is 1. The summed E-state index contributed by atoms with van der Waals surface area (Å²) in [6.45, 7) is 7.23. The third-order valence-corrected chi connectivity index (χ3v) is 5.64. The van der Waals surface area contributed by atoms with Crippen molar-refractivity contribution in [3.05, 3.63) is 27.7 Å². The van der Waals surface area contributed by atoms with Gasteiger partial charge >= 0.3 is 6.09 Å². The zero-order chi connectivity index (χ0) is 19.9. The number of amides is 1. The summed E-state index contributed by atoms with van der Waals surface area (Å²) in [7, 11) is 0. The maximum atomic E-state index is 12.1.